The summed E-state index contributed by atoms with van der Waals surface area (Å²) in [6.45, 7) is 6.41. The summed E-state index contributed by atoms with van der Waals surface area (Å²) in [4.78, 5) is 41.7. The van der Waals surface area contributed by atoms with Crippen LogP contribution in [-0.4, -0.2) is 34.5 Å². The van der Waals surface area contributed by atoms with Crippen LogP contribution in [-0.2, 0) is 9.53 Å². The van der Waals surface area contributed by atoms with Crippen molar-refractivity contribution in [3.05, 3.63) is 53.3 Å². The van der Waals surface area contributed by atoms with Gasteiger partial charge in [0.15, 0.2) is 5.78 Å². The standard InChI is InChI=1S/C22H22N2O5S/c1-5-28-22(27)19-18(12(2)25)13(3)29-21(19)24-20(26)14(4)30-17-11-10-15-8-6-7-9-16(15)23-17/h6-11,14H,5H2,1-4H3,(H,24,26). The van der Waals surface area contributed by atoms with Gasteiger partial charge in [-0.15, -0.1) is 0 Å². The molecule has 0 aliphatic rings. The Balaban J connectivity index is 1.81. The van der Waals surface area contributed by atoms with Gasteiger partial charge in [-0.25, -0.2) is 9.78 Å². The highest BCUT2D eigenvalue weighted by Gasteiger charge is 2.29. The van der Waals surface area contributed by atoms with Crippen LogP contribution in [0.15, 0.2) is 45.8 Å². The van der Waals surface area contributed by atoms with E-state index in [-0.39, 0.29) is 41.1 Å². The van der Waals surface area contributed by atoms with Crippen LogP contribution in [0.1, 0.15) is 47.2 Å². The van der Waals surface area contributed by atoms with E-state index in [9.17, 15) is 14.4 Å². The Kier molecular flexibility index (Phi) is 6.56. The summed E-state index contributed by atoms with van der Waals surface area (Å²) in [5, 5.41) is 3.80. The number of aromatic nitrogens is 1. The average molecular weight is 426 g/mol. The summed E-state index contributed by atoms with van der Waals surface area (Å²) >= 11 is 1.28. The van der Waals surface area contributed by atoms with E-state index in [1.807, 2.05) is 36.4 Å². The van der Waals surface area contributed by atoms with Crippen LogP contribution in [0.3, 0.4) is 0 Å². The van der Waals surface area contributed by atoms with Crippen molar-refractivity contribution in [2.75, 3.05) is 11.9 Å². The zero-order valence-electron chi connectivity index (χ0n) is 17.1. The van der Waals surface area contributed by atoms with E-state index < -0.39 is 11.2 Å². The number of para-hydroxylation sites is 1. The zero-order valence-corrected chi connectivity index (χ0v) is 18.0. The Bertz CT molecular complexity index is 1120. The van der Waals surface area contributed by atoms with Crippen LogP contribution in [0.4, 0.5) is 5.88 Å². The van der Waals surface area contributed by atoms with Crippen molar-refractivity contribution in [2.45, 2.75) is 38.0 Å². The first kappa shape index (κ1) is 21.6. The first-order chi connectivity index (χ1) is 14.3. The predicted octanol–water partition coefficient (Wildman–Crippen LogP) is 4.63. The number of ether oxygens (including phenoxy) is 1. The number of hydrogen-bond acceptors (Lipinski definition) is 7. The van der Waals surface area contributed by atoms with Crippen molar-refractivity contribution >= 4 is 46.2 Å². The second-order valence-corrected chi connectivity index (χ2v) is 7.97. The lowest BCUT2D eigenvalue weighted by Crippen LogP contribution is -2.23. The van der Waals surface area contributed by atoms with Gasteiger partial charge in [-0.2, -0.15) is 0 Å². The van der Waals surface area contributed by atoms with E-state index in [2.05, 4.69) is 10.3 Å². The minimum absolute atomic E-state index is 0.0590. The van der Waals surface area contributed by atoms with E-state index in [0.29, 0.717) is 5.03 Å². The van der Waals surface area contributed by atoms with E-state index in [1.165, 1.54) is 18.7 Å². The summed E-state index contributed by atoms with van der Waals surface area (Å²) in [6, 6.07) is 11.5. The number of hydrogen-bond donors (Lipinski definition) is 1. The third-order valence-corrected chi connectivity index (χ3v) is 5.43. The minimum Gasteiger partial charge on any atom is -0.462 e. The first-order valence-electron chi connectivity index (χ1n) is 9.46. The maximum absolute atomic E-state index is 12.7. The Hall–Kier alpha value is -3.13. The Morgan fingerprint density at radius 1 is 1.17 bits per heavy atom. The molecule has 156 valence electrons. The SMILES string of the molecule is CCOC(=O)c1c(NC(=O)C(C)Sc2ccc3ccccc3n2)oc(C)c1C(C)=O. The molecule has 0 aliphatic heterocycles. The molecule has 0 saturated heterocycles. The molecular weight excluding hydrogens is 404 g/mol. The fraction of sp³-hybridized carbons (Fsp3) is 0.273. The average Bonchev–Trinajstić information content (AvgIpc) is 3.04. The van der Waals surface area contributed by atoms with Gasteiger partial charge in [0.2, 0.25) is 11.8 Å². The summed E-state index contributed by atoms with van der Waals surface area (Å²) in [5.41, 5.74) is 0.893. The molecule has 1 N–H and O–H groups in total. The number of pyridine rings is 1. The number of carbonyl (C=O) groups is 3. The lowest BCUT2D eigenvalue weighted by molar-refractivity contribution is -0.115. The normalized spacial score (nSPS) is 11.9. The maximum Gasteiger partial charge on any atom is 0.344 e. The number of amides is 1. The lowest BCUT2D eigenvalue weighted by atomic mass is 10.1. The summed E-state index contributed by atoms with van der Waals surface area (Å²) in [7, 11) is 0. The van der Waals surface area contributed by atoms with E-state index >= 15 is 0 Å². The van der Waals surface area contributed by atoms with E-state index in [0.717, 1.165) is 10.9 Å². The van der Waals surface area contributed by atoms with Crippen LogP contribution in [0.5, 0.6) is 0 Å². The molecule has 3 aromatic rings. The maximum atomic E-state index is 12.7. The van der Waals surface area contributed by atoms with Gasteiger partial charge in [-0.05, 0) is 39.8 Å². The largest absolute Gasteiger partial charge is 0.462 e. The van der Waals surface area contributed by atoms with Crippen molar-refractivity contribution in [3.8, 4) is 0 Å². The van der Waals surface area contributed by atoms with Gasteiger partial charge < -0.3 is 9.15 Å². The number of carbonyl (C=O) groups excluding carboxylic acids is 3. The molecule has 1 aromatic carbocycles. The Labute approximate surface area is 178 Å². The van der Waals surface area contributed by atoms with Gasteiger partial charge in [0.25, 0.3) is 0 Å². The number of ketones is 1. The van der Waals surface area contributed by atoms with Gasteiger partial charge >= 0.3 is 5.97 Å². The highest BCUT2D eigenvalue weighted by atomic mass is 32.2. The van der Waals surface area contributed by atoms with Gasteiger partial charge in [0, 0.05) is 5.39 Å². The third kappa shape index (κ3) is 4.54. The summed E-state index contributed by atoms with van der Waals surface area (Å²) in [5.74, 6) is -1.28. The van der Waals surface area contributed by atoms with Crippen molar-refractivity contribution < 1.29 is 23.5 Å². The van der Waals surface area contributed by atoms with E-state index in [4.69, 9.17) is 9.15 Å². The molecule has 0 fully saturated rings. The van der Waals surface area contributed by atoms with Crippen molar-refractivity contribution in [1.29, 1.82) is 0 Å². The third-order valence-electron chi connectivity index (χ3n) is 4.39. The molecule has 0 bridgehead atoms. The fourth-order valence-corrected chi connectivity index (χ4v) is 3.84. The second kappa shape index (κ2) is 9.13. The first-order valence-corrected chi connectivity index (χ1v) is 10.3. The molecular formula is C22H22N2O5S. The number of anilines is 1. The molecule has 0 radical (unpaired) electrons. The minimum atomic E-state index is -0.716. The van der Waals surface area contributed by atoms with Crippen LogP contribution in [0.25, 0.3) is 10.9 Å². The molecule has 30 heavy (non-hydrogen) atoms. The number of nitrogens with one attached hydrogen (secondary N) is 1. The molecule has 0 spiro atoms. The molecule has 1 amide bonds. The van der Waals surface area contributed by atoms with E-state index in [1.54, 1.807) is 20.8 Å². The van der Waals surface area contributed by atoms with Gasteiger partial charge in [0.1, 0.15) is 11.3 Å². The molecule has 0 saturated carbocycles. The van der Waals surface area contributed by atoms with Crippen LogP contribution < -0.4 is 5.32 Å². The highest BCUT2D eigenvalue weighted by Crippen LogP contribution is 2.30. The van der Waals surface area contributed by atoms with Crippen molar-refractivity contribution in [1.82, 2.24) is 4.98 Å². The number of fused-ring (bicyclic) bond motifs is 1. The van der Waals surface area contributed by atoms with Gasteiger partial charge in [-0.3, -0.25) is 14.9 Å². The topological polar surface area (TPSA) is 98.5 Å². The number of esters is 1. The molecule has 8 heteroatoms. The van der Waals surface area contributed by atoms with Crippen molar-refractivity contribution in [2.24, 2.45) is 0 Å². The van der Waals surface area contributed by atoms with Gasteiger partial charge in [0.05, 0.1) is 28.0 Å². The number of rotatable bonds is 7. The molecule has 3 rings (SSSR count). The number of furan rings is 1. The van der Waals surface area contributed by atoms with Crippen molar-refractivity contribution in [3.63, 3.8) is 0 Å². The molecule has 2 heterocycles. The van der Waals surface area contributed by atoms with Crippen LogP contribution >= 0.6 is 11.8 Å². The number of benzene rings is 1. The zero-order chi connectivity index (χ0) is 21.8. The van der Waals surface area contributed by atoms with Crippen LogP contribution in [0, 0.1) is 6.92 Å². The van der Waals surface area contributed by atoms with Gasteiger partial charge in [-0.1, -0.05) is 36.0 Å². The number of Topliss-reactive ketones (excluding diaryl/α,β-unsaturated/α-hetero) is 1. The lowest BCUT2D eigenvalue weighted by Gasteiger charge is -2.11. The monoisotopic (exact) mass is 426 g/mol. The number of thioether (sulfide) groups is 1. The summed E-state index contributed by atoms with van der Waals surface area (Å²) in [6.07, 6.45) is 0. The number of nitrogens with zero attached hydrogens (tertiary/aromatic N) is 1. The number of aryl methyl sites for hydroxylation is 1. The summed E-state index contributed by atoms with van der Waals surface area (Å²) < 4.78 is 10.6. The molecule has 2 aromatic heterocycles. The smallest absolute Gasteiger partial charge is 0.344 e. The molecule has 1 unspecified atom stereocenters. The quantitative estimate of drug-likeness (QED) is 0.334. The highest BCUT2D eigenvalue weighted by molar-refractivity contribution is 8.00. The molecule has 0 aliphatic carbocycles. The fourth-order valence-electron chi connectivity index (χ4n) is 3.02. The predicted molar refractivity (Wildman–Crippen MR) is 115 cm³/mol. The van der Waals surface area contributed by atoms with Crippen LogP contribution in [0.2, 0.25) is 0 Å². The second-order valence-electron chi connectivity index (χ2n) is 6.61. The Morgan fingerprint density at radius 3 is 2.60 bits per heavy atom. The molecule has 7 nitrogen and oxygen atoms in total. The molecule has 1 atom stereocenters. The Morgan fingerprint density at radius 2 is 1.90 bits per heavy atom.